The summed E-state index contributed by atoms with van der Waals surface area (Å²) in [5.41, 5.74) is -0.0118. The van der Waals surface area contributed by atoms with E-state index in [9.17, 15) is 4.79 Å². The fraction of sp³-hybridized carbons (Fsp3) is 0.538. The molecule has 0 aliphatic carbocycles. The van der Waals surface area contributed by atoms with Crippen molar-refractivity contribution in [3.05, 3.63) is 21.3 Å². The maximum Gasteiger partial charge on any atom is 0.261 e. The van der Waals surface area contributed by atoms with E-state index in [4.69, 9.17) is 0 Å². The predicted molar refractivity (Wildman–Crippen MR) is 78.5 cm³/mol. The number of hydrogen-bond acceptors (Lipinski definition) is 4. The lowest BCUT2D eigenvalue weighted by Crippen LogP contribution is -3.12. The maximum absolute atomic E-state index is 12.1. The number of aryl methyl sites for hydroxylation is 1. The van der Waals surface area contributed by atoms with Crippen molar-refractivity contribution in [2.75, 3.05) is 38.1 Å². The highest BCUT2D eigenvalue weighted by Gasteiger charge is 2.19. The van der Waals surface area contributed by atoms with Crippen LogP contribution in [0, 0.1) is 0 Å². The van der Waals surface area contributed by atoms with Crippen LogP contribution in [0.1, 0.15) is 11.8 Å². The van der Waals surface area contributed by atoms with Crippen LogP contribution in [-0.2, 0) is 6.42 Å². The molecule has 1 fully saturated rings. The van der Waals surface area contributed by atoms with Gasteiger partial charge < -0.3 is 9.80 Å². The highest BCUT2D eigenvalue weighted by Crippen LogP contribution is 2.22. The Bertz CT molecular complexity index is 640. The third kappa shape index (κ3) is 2.37. The standard InChI is InChI=1S/C13H18N4OS/c1-3-9-8-10-11(18)14-13(15-12(10)19-9)17-6-4-16(2)5-7-17/h8H,3-7H2,1-2H3,(H,14,15,18)/p+1. The van der Waals surface area contributed by atoms with Crippen molar-refractivity contribution in [2.24, 2.45) is 0 Å². The minimum absolute atomic E-state index is 0.0118. The number of aromatic nitrogens is 2. The molecule has 0 saturated carbocycles. The second-order valence-corrected chi connectivity index (χ2v) is 6.23. The van der Waals surface area contributed by atoms with Crippen LogP contribution in [0.3, 0.4) is 0 Å². The molecule has 0 amide bonds. The van der Waals surface area contributed by atoms with Crippen molar-refractivity contribution in [3.8, 4) is 0 Å². The van der Waals surface area contributed by atoms with Crippen molar-refractivity contribution in [1.82, 2.24) is 9.97 Å². The summed E-state index contributed by atoms with van der Waals surface area (Å²) >= 11 is 1.63. The molecule has 102 valence electrons. The number of piperazine rings is 1. The number of H-pyrrole nitrogens is 1. The topological polar surface area (TPSA) is 53.4 Å². The van der Waals surface area contributed by atoms with Gasteiger partial charge in [0.2, 0.25) is 5.95 Å². The number of nitrogens with one attached hydrogen (secondary N) is 2. The van der Waals surface area contributed by atoms with Gasteiger partial charge in [-0.15, -0.1) is 11.3 Å². The molecule has 2 N–H and O–H groups in total. The minimum atomic E-state index is -0.0118. The van der Waals surface area contributed by atoms with E-state index in [1.807, 2.05) is 6.07 Å². The first-order valence-corrected chi connectivity index (χ1v) is 7.58. The molecule has 0 aromatic carbocycles. The zero-order chi connectivity index (χ0) is 13.4. The fourth-order valence-corrected chi connectivity index (χ4v) is 3.36. The van der Waals surface area contributed by atoms with Crippen LogP contribution in [0.5, 0.6) is 0 Å². The highest BCUT2D eigenvalue weighted by molar-refractivity contribution is 7.18. The van der Waals surface area contributed by atoms with Crippen LogP contribution >= 0.6 is 11.3 Å². The first-order valence-electron chi connectivity index (χ1n) is 6.76. The molecular formula is C13H19N4OS+. The van der Waals surface area contributed by atoms with E-state index >= 15 is 0 Å². The molecule has 1 aliphatic heterocycles. The molecule has 3 rings (SSSR count). The molecule has 5 nitrogen and oxygen atoms in total. The zero-order valence-electron chi connectivity index (χ0n) is 11.3. The van der Waals surface area contributed by atoms with Crippen molar-refractivity contribution in [3.63, 3.8) is 0 Å². The van der Waals surface area contributed by atoms with Gasteiger partial charge in [0.05, 0.1) is 38.6 Å². The number of quaternary nitrogens is 1. The van der Waals surface area contributed by atoms with Gasteiger partial charge in [0, 0.05) is 4.88 Å². The SMILES string of the molecule is CCc1cc2c(=O)[nH]c(N3CC[NH+](C)CC3)nc2s1. The Morgan fingerprint density at radius 3 is 2.89 bits per heavy atom. The van der Waals surface area contributed by atoms with Gasteiger partial charge in [-0.2, -0.15) is 0 Å². The molecule has 0 unspecified atom stereocenters. The number of hydrogen-bond donors (Lipinski definition) is 2. The molecule has 2 aromatic heterocycles. The van der Waals surface area contributed by atoms with Gasteiger partial charge in [-0.3, -0.25) is 9.78 Å². The molecular weight excluding hydrogens is 260 g/mol. The summed E-state index contributed by atoms with van der Waals surface area (Å²) in [5, 5.41) is 0.727. The lowest BCUT2D eigenvalue weighted by atomic mass is 10.3. The second kappa shape index (κ2) is 4.94. The van der Waals surface area contributed by atoms with E-state index in [-0.39, 0.29) is 5.56 Å². The third-order valence-electron chi connectivity index (χ3n) is 3.71. The van der Waals surface area contributed by atoms with Crippen molar-refractivity contribution >= 4 is 27.5 Å². The molecule has 0 spiro atoms. The molecule has 2 aromatic rings. The summed E-state index contributed by atoms with van der Waals surface area (Å²) in [6.07, 6.45) is 0.952. The molecule has 0 bridgehead atoms. The van der Waals surface area contributed by atoms with Crippen molar-refractivity contribution in [1.29, 1.82) is 0 Å². The van der Waals surface area contributed by atoms with Crippen LogP contribution in [0.2, 0.25) is 0 Å². The molecule has 6 heteroatoms. The first kappa shape index (κ1) is 12.6. The molecule has 19 heavy (non-hydrogen) atoms. The average molecular weight is 279 g/mol. The fourth-order valence-electron chi connectivity index (χ4n) is 2.39. The van der Waals surface area contributed by atoms with Gasteiger partial charge in [0.15, 0.2) is 0 Å². The number of aromatic amines is 1. The summed E-state index contributed by atoms with van der Waals surface area (Å²) < 4.78 is 0. The molecule has 1 aliphatic rings. The zero-order valence-corrected chi connectivity index (χ0v) is 12.1. The summed E-state index contributed by atoms with van der Waals surface area (Å²) in [6, 6.07) is 1.96. The van der Waals surface area contributed by atoms with Crippen LogP contribution < -0.4 is 15.4 Å². The van der Waals surface area contributed by atoms with Crippen LogP contribution in [0.4, 0.5) is 5.95 Å². The number of nitrogens with zero attached hydrogens (tertiary/aromatic N) is 2. The number of anilines is 1. The smallest absolute Gasteiger partial charge is 0.261 e. The Kier molecular flexibility index (Phi) is 3.28. The van der Waals surface area contributed by atoms with Gasteiger partial charge in [0.1, 0.15) is 4.83 Å². The Hall–Kier alpha value is -1.40. The summed E-state index contributed by atoms with van der Waals surface area (Å²) in [4.78, 5) is 25.5. The largest absolute Gasteiger partial charge is 0.334 e. The summed E-state index contributed by atoms with van der Waals surface area (Å²) in [7, 11) is 2.20. The third-order valence-corrected chi connectivity index (χ3v) is 4.88. The van der Waals surface area contributed by atoms with Crippen LogP contribution in [0.15, 0.2) is 10.9 Å². The number of likely N-dealkylation sites (N-methyl/N-ethyl adjacent to an activating group) is 1. The van der Waals surface area contributed by atoms with Gasteiger partial charge in [-0.05, 0) is 12.5 Å². The normalized spacial score (nSPS) is 17.3. The van der Waals surface area contributed by atoms with E-state index in [1.165, 1.54) is 9.78 Å². The van der Waals surface area contributed by atoms with Gasteiger partial charge in [-0.1, -0.05) is 6.92 Å². The number of fused-ring (bicyclic) bond motifs is 1. The Balaban J connectivity index is 1.98. The summed E-state index contributed by atoms with van der Waals surface area (Å²) in [6.45, 7) is 6.18. The van der Waals surface area contributed by atoms with Gasteiger partial charge >= 0.3 is 0 Å². The predicted octanol–water partition coefficient (Wildman–Crippen LogP) is -0.118. The Morgan fingerprint density at radius 2 is 2.21 bits per heavy atom. The summed E-state index contributed by atoms with van der Waals surface area (Å²) in [5.74, 6) is 0.731. The number of thiophene rings is 1. The highest BCUT2D eigenvalue weighted by atomic mass is 32.1. The van der Waals surface area contributed by atoms with Gasteiger partial charge in [-0.25, -0.2) is 4.98 Å². The lowest BCUT2D eigenvalue weighted by molar-refractivity contribution is -0.880. The quantitative estimate of drug-likeness (QED) is 0.806. The molecule has 3 heterocycles. The van der Waals surface area contributed by atoms with Crippen LogP contribution in [0.25, 0.3) is 10.2 Å². The monoisotopic (exact) mass is 279 g/mol. The molecule has 0 atom stereocenters. The maximum atomic E-state index is 12.1. The van der Waals surface area contributed by atoms with E-state index in [2.05, 4.69) is 28.8 Å². The Labute approximate surface area is 115 Å². The van der Waals surface area contributed by atoms with Crippen molar-refractivity contribution < 1.29 is 4.90 Å². The lowest BCUT2D eigenvalue weighted by Gasteiger charge is -2.30. The van der Waals surface area contributed by atoms with Crippen molar-refractivity contribution in [2.45, 2.75) is 13.3 Å². The van der Waals surface area contributed by atoms with E-state index in [0.717, 1.165) is 48.8 Å². The van der Waals surface area contributed by atoms with E-state index < -0.39 is 0 Å². The first-order chi connectivity index (χ1) is 9.17. The second-order valence-electron chi connectivity index (χ2n) is 5.12. The van der Waals surface area contributed by atoms with Crippen LogP contribution in [-0.4, -0.2) is 43.2 Å². The molecule has 0 radical (unpaired) electrons. The molecule has 1 saturated heterocycles. The average Bonchev–Trinajstić information content (AvgIpc) is 2.83. The van der Waals surface area contributed by atoms with E-state index in [1.54, 1.807) is 11.3 Å². The Morgan fingerprint density at radius 1 is 1.47 bits per heavy atom. The minimum Gasteiger partial charge on any atom is -0.334 e. The van der Waals surface area contributed by atoms with E-state index in [0.29, 0.717) is 0 Å². The number of rotatable bonds is 2. The van der Waals surface area contributed by atoms with Gasteiger partial charge in [0.25, 0.3) is 5.56 Å².